The van der Waals surface area contributed by atoms with Crippen LogP contribution in [0.4, 0.5) is 11.4 Å². The molecule has 7 nitrogen and oxygen atoms in total. The maximum Gasteiger partial charge on any atom is 0.316 e. The molecular weight excluding hydrogens is 282 g/mol. The normalized spacial score (nSPS) is 11.0. The third kappa shape index (κ3) is 4.71. The van der Waals surface area contributed by atoms with Gasteiger partial charge in [0, 0.05) is 0 Å². The lowest BCUT2D eigenvalue weighted by atomic mass is 10.2. The van der Waals surface area contributed by atoms with Gasteiger partial charge in [0.2, 0.25) is 0 Å². The van der Waals surface area contributed by atoms with Crippen LogP contribution < -0.4 is 11.3 Å². The van der Waals surface area contributed by atoms with E-state index in [4.69, 9.17) is 10.6 Å². The van der Waals surface area contributed by atoms with E-state index < -0.39 is 16.5 Å². The number of carbonyl (C=O) groups is 1. The number of carbonyl (C=O) groups excluding carboxylic acids is 1. The summed E-state index contributed by atoms with van der Waals surface area (Å²) >= 11 is 1.04. The maximum absolute atomic E-state index is 11.6. The molecule has 3 N–H and O–H groups in total. The van der Waals surface area contributed by atoms with Crippen molar-refractivity contribution in [2.75, 3.05) is 11.2 Å². The minimum atomic E-state index is -0.579. The minimum Gasteiger partial charge on any atom is -0.459 e. The number of ether oxygens (including phenoxy) is 1. The quantitative estimate of drug-likeness (QED) is 0.282. The molecule has 0 spiro atoms. The summed E-state index contributed by atoms with van der Waals surface area (Å²) in [6.07, 6.45) is 0. The average molecular weight is 299 g/mol. The van der Waals surface area contributed by atoms with Crippen molar-refractivity contribution in [2.45, 2.75) is 31.3 Å². The molecule has 110 valence electrons. The Morgan fingerprint density at radius 1 is 1.50 bits per heavy atom. The first-order valence-corrected chi connectivity index (χ1v) is 6.82. The number of esters is 1. The summed E-state index contributed by atoms with van der Waals surface area (Å²) in [7, 11) is 0. The molecule has 1 rings (SSSR count). The predicted octanol–water partition coefficient (Wildman–Crippen LogP) is 2.31. The van der Waals surface area contributed by atoms with Crippen molar-refractivity contribution in [1.29, 1.82) is 0 Å². The van der Waals surface area contributed by atoms with E-state index in [9.17, 15) is 14.9 Å². The van der Waals surface area contributed by atoms with Crippen LogP contribution in [0.1, 0.15) is 20.8 Å². The van der Waals surface area contributed by atoms with Crippen LogP contribution in [-0.4, -0.2) is 22.2 Å². The van der Waals surface area contributed by atoms with Crippen molar-refractivity contribution >= 4 is 29.1 Å². The summed E-state index contributed by atoms with van der Waals surface area (Å²) in [6, 6.07) is 4.68. The molecule has 0 atom stereocenters. The van der Waals surface area contributed by atoms with Gasteiger partial charge in [-0.2, -0.15) is 0 Å². The Balaban J connectivity index is 2.83. The molecule has 0 radical (unpaired) electrons. The number of rotatable bonds is 5. The Hall–Kier alpha value is -1.80. The fourth-order valence-electron chi connectivity index (χ4n) is 1.45. The van der Waals surface area contributed by atoms with Crippen molar-refractivity contribution in [1.82, 2.24) is 0 Å². The highest BCUT2D eigenvalue weighted by Gasteiger charge is 2.22. The van der Waals surface area contributed by atoms with Gasteiger partial charge in [0.15, 0.2) is 0 Å². The summed E-state index contributed by atoms with van der Waals surface area (Å²) in [5.41, 5.74) is 1.74. The third-order valence-corrected chi connectivity index (χ3v) is 3.12. The zero-order valence-corrected chi connectivity index (χ0v) is 12.3. The number of benzene rings is 1. The lowest BCUT2D eigenvalue weighted by Crippen LogP contribution is -2.24. The number of hydrogen-bond donors (Lipinski definition) is 2. The molecule has 0 unspecified atom stereocenters. The number of nitrogens with zero attached hydrogens (tertiary/aromatic N) is 1. The lowest BCUT2D eigenvalue weighted by molar-refractivity contribution is -0.386. The zero-order valence-electron chi connectivity index (χ0n) is 11.5. The lowest BCUT2D eigenvalue weighted by Gasteiger charge is -2.19. The van der Waals surface area contributed by atoms with Crippen LogP contribution in [0.15, 0.2) is 23.1 Å². The fourth-order valence-corrected chi connectivity index (χ4v) is 2.28. The molecular formula is C12H17N3O4S. The second-order valence-corrected chi connectivity index (χ2v) is 5.95. The van der Waals surface area contributed by atoms with Gasteiger partial charge in [0.05, 0.1) is 15.6 Å². The maximum atomic E-state index is 11.6. The number of nitro groups is 1. The molecule has 0 aliphatic rings. The van der Waals surface area contributed by atoms with Gasteiger partial charge < -0.3 is 10.2 Å². The Labute approximate surface area is 121 Å². The number of hydrazine groups is 1. The molecule has 0 heterocycles. The Kier molecular flexibility index (Phi) is 5.34. The van der Waals surface area contributed by atoms with Gasteiger partial charge in [0.1, 0.15) is 11.3 Å². The largest absolute Gasteiger partial charge is 0.459 e. The molecule has 0 aromatic heterocycles. The molecule has 0 fully saturated rings. The Morgan fingerprint density at radius 3 is 2.65 bits per heavy atom. The van der Waals surface area contributed by atoms with Crippen LogP contribution in [0.2, 0.25) is 0 Å². The van der Waals surface area contributed by atoms with Crippen LogP contribution in [0, 0.1) is 10.1 Å². The first-order chi connectivity index (χ1) is 9.24. The van der Waals surface area contributed by atoms with E-state index in [1.165, 1.54) is 6.07 Å². The van der Waals surface area contributed by atoms with Gasteiger partial charge in [-0.25, -0.2) is 0 Å². The molecule has 0 bridgehead atoms. The minimum absolute atomic E-state index is 0.00780. The van der Waals surface area contributed by atoms with Crippen LogP contribution in [0.3, 0.4) is 0 Å². The molecule has 20 heavy (non-hydrogen) atoms. The summed E-state index contributed by atoms with van der Waals surface area (Å²) in [6.45, 7) is 5.28. The van der Waals surface area contributed by atoms with Crippen molar-refractivity contribution in [3.63, 3.8) is 0 Å². The summed E-state index contributed by atoms with van der Waals surface area (Å²) in [4.78, 5) is 22.5. The Morgan fingerprint density at radius 2 is 2.15 bits per heavy atom. The van der Waals surface area contributed by atoms with E-state index >= 15 is 0 Å². The number of thioether (sulfide) groups is 1. The number of anilines is 1. The van der Waals surface area contributed by atoms with E-state index in [1.807, 2.05) is 0 Å². The van der Waals surface area contributed by atoms with Crippen LogP contribution in [-0.2, 0) is 9.53 Å². The highest BCUT2D eigenvalue weighted by Crippen LogP contribution is 2.35. The molecule has 0 saturated heterocycles. The second-order valence-electron chi connectivity index (χ2n) is 4.93. The van der Waals surface area contributed by atoms with E-state index in [0.717, 1.165) is 11.8 Å². The fraction of sp³-hybridized carbons (Fsp3) is 0.417. The summed E-state index contributed by atoms with van der Waals surface area (Å²) in [5, 5.41) is 11.1. The van der Waals surface area contributed by atoms with Gasteiger partial charge >= 0.3 is 11.7 Å². The standard InChI is InChI=1S/C12H17N3O4S/c1-12(2,3)19-10(16)7-20-9-6-4-5-8(14-13)11(9)15(17)18/h4-6,14H,7,13H2,1-3H3. The highest BCUT2D eigenvalue weighted by molar-refractivity contribution is 8.00. The van der Waals surface area contributed by atoms with Crippen LogP contribution >= 0.6 is 11.8 Å². The zero-order chi connectivity index (χ0) is 15.3. The smallest absolute Gasteiger partial charge is 0.316 e. The van der Waals surface area contributed by atoms with Crippen molar-refractivity contribution in [3.05, 3.63) is 28.3 Å². The van der Waals surface area contributed by atoms with E-state index in [2.05, 4.69) is 5.43 Å². The van der Waals surface area contributed by atoms with E-state index in [-0.39, 0.29) is 17.1 Å². The van der Waals surface area contributed by atoms with E-state index in [0.29, 0.717) is 4.90 Å². The first kappa shape index (κ1) is 16.3. The SMILES string of the molecule is CC(C)(C)OC(=O)CSc1cccc(NN)c1[N+](=O)[O-]. The second kappa shape index (κ2) is 6.58. The summed E-state index contributed by atoms with van der Waals surface area (Å²) in [5.74, 6) is 4.81. The number of nitrogen functional groups attached to an aromatic ring is 1. The van der Waals surface area contributed by atoms with Crippen LogP contribution in [0.25, 0.3) is 0 Å². The first-order valence-electron chi connectivity index (χ1n) is 5.83. The molecule has 0 saturated carbocycles. The molecule has 1 aromatic carbocycles. The molecule has 0 aliphatic heterocycles. The van der Waals surface area contributed by atoms with Crippen LogP contribution in [0.5, 0.6) is 0 Å². The predicted molar refractivity (Wildman–Crippen MR) is 77.5 cm³/mol. The average Bonchev–Trinajstić information content (AvgIpc) is 2.33. The number of nitro benzene ring substituents is 1. The van der Waals surface area contributed by atoms with Gasteiger partial charge in [-0.15, -0.1) is 11.8 Å². The monoisotopic (exact) mass is 299 g/mol. The molecule has 1 aromatic rings. The number of para-hydroxylation sites is 1. The van der Waals surface area contributed by atoms with E-state index in [1.54, 1.807) is 32.9 Å². The third-order valence-electron chi connectivity index (χ3n) is 2.10. The molecule has 0 amide bonds. The Bertz CT molecular complexity index is 514. The van der Waals surface area contributed by atoms with Gasteiger partial charge in [-0.05, 0) is 32.9 Å². The topological polar surface area (TPSA) is 107 Å². The van der Waals surface area contributed by atoms with Gasteiger partial charge in [0.25, 0.3) is 0 Å². The number of hydrogen-bond acceptors (Lipinski definition) is 7. The van der Waals surface area contributed by atoms with Gasteiger partial charge in [-0.3, -0.25) is 20.8 Å². The number of nitrogens with two attached hydrogens (primary N) is 1. The van der Waals surface area contributed by atoms with Crippen molar-refractivity contribution < 1.29 is 14.5 Å². The highest BCUT2D eigenvalue weighted by atomic mass is 32.2. The summed E-state index contributed by atoms with van der Waals surface area (Å²) < 4.78 is 5.15. The van der Waals surface area contributed by atoms with Crippen molar-refractivity contribution in [2.24, 2.45) is 5.84 Å². The number of nitrogens with one attached hydrogen (secondary N) is 1. The van der Waals surface area contributed by atoms with Gasteiger partial charge in [-0.1, -0.05) is 6.07 Å². The molecule has 0 aliphatic carbocycles. The molecule has 8 heteroatoms. The van der Waals surface area contributed by atoms with Crippen molar-refractivity contribution in [3.8, 4) is 0 Å².